The molecule has 3 rings (SSSR count). The van der Waals surface area contributed by atoms with E-state index in [1.54, 1.807) is 0 Å². The number of nitrogens with one attached hydrogen (secondary N) is 2. The minimum atomic E-state index is -0.369. The summed E-state index contributed by atoms with van der Waals surface area (Å²) in [5, 5.41) is 10.5. The van der Waals surface area contributed by atoms with Crippen LogP contribution in [0.4, 0.5) is 10.1 Å². The van der Waals surface area contributed by atoms with E-state index in [2.05, 4.69) is 55.3 Å². The molecule has 4 nitrogen and oxygen atoms in total. The summed E-state index contributed by atoms with van der Waals surface area (Å²) in [5.41, 5.74) is 4.90. The minimum Gasteiger partial charge on any atom is -0.319 e. The number of aryl methyl sites for hydroxylation is 1. The van der Waals surface area contributed by atoms with Crippen LogP contribution in [0.1, 0.15) is 55.7 Å². The second kappa shape index (κ2) is 7.97. The third kappa shape index (κ3) is 4.30. The third-order valence-electron chi connectivity index (χ3n) is 4.71. The lowest BCUT2D eigenvalue weighted by atomic mass is 9.86. The summed E-state index contributed by atoms with van der Waals surface area (Å²) in [6.07, 6.45) is 1.69. The lowest BCUT2D eigenvalue weighted by molar-refractivity contribution is 0.102. The molecule has 0 bridgehead atoms. The smallest absolute Gasteiger partial charge is 0.255 e. The second-order valence-electron chi connectivity index (χ2n) is 7.96. The number of anilines is 1. The molecule has 0 saturated heterocycles. The van der Waals surface area contributed by atoms with Crippen LogP contribution in [0.2, 0.25) is 0 Å². The highest BCUT2D eigenvalue weighted by atomic mass is 19.1. The van der Waals surface area contributed by atoms with Gasteiger partial charge in [-0.15, -0.1) is 0 Å². The molecule has 2 aromatic carbocycles. The number of halogens is 1. The third-order valence-corrected chi connectivity index (χ3v) is 4.71. The van der Waals surface area contributed by atoms with Crippen LogP contribution in [0.15, 0.2) is 48.5 Å². The molecule has 0 saturated carbocycles. The number of nitrogens with zero attached hydrogens (tertiary/aromatic N) is 1. The summed E-state index contributed by atoms with van der Waals surface area (Å²) in [5.74, 6) is -0.655. The Bertz CT molecular complexity index is 951. The molecule has 0 aliphatic carbocycles. The molecule has 1 aromatic heterocycles. The highest BCUT2D eigenvalue weighted by molar-refractivity contribution is 6.06. The first-order valence-corrected chi connectivity index (χ1v) is 9.54. The number of aromatic amines is 1. The first-order valence-electron chi connectivity index (χ1n) is 9.54. The molecule has 0 aliphatic heterocycles. The number of benzene rings is 2. The molecule has 146 valence electrons. The van der Waals surface area contributed by atoms with E-state index in [0.717, 1.165) is 24.1 Å². The SMILES string of the molecule is CCCc1[nH]nc(-c2ccc(C(C)(C)C)cc2)c1NC(=O)c1ccc(F)cc1. The van der Waals surface area contributed by atoms with Gasteiger partial charge >= 0.3 is 0 Å². The van der Waals surface area contributed by atoms with Crippen LogP contribution >= 0.6 is 0 Å². The first-order chi connectivity index (χ1) is 13.3. The van der Waals surface area contributed by atoms with E-state index in [4.69, 9.17) is 0 Å². The van der Waals surface area contributed by atoms with Gasteiger partial charge in [-0.25, -0.2) is 4.39 Å². The van der Waals surface area contributed by atoms with Crippen molar-refractivity contribution in [1.82, 2.24) is 10.2 Å². The Morgan fingerprint density at radius 2 is 1.71 bits per heavy atom. The minimum absolute atomic E-state index is 0.0666. The van der Waals surface area contributed by atoms with Gasteiger partial charge in [0.2, 0.25) is 0 Å². The van der Waals surface area contributed by atoms with Gasteiger partial charge in [-0.05, 0) is 41.7 Å². The fourth-order valence-corrected chi connectivity index (χ4v) is 3.07. The van der Waals surface area contributed by atoms with Crippen molar-refractivity contribution in [3.05, 3.63) is 71.2 Å². The standard InChI is InChI=1S/C23H26FN3O/c1-5-6-19-21(25-22(28)16-9-13-18(24)14-10-16)20(27-26-19)15-7-11-17(12-8-15)23(2,3)4/h7-14H,5-6H2,1-4H3,(H,25,28)(H,26,27). The number of amides is 1. The predicted molar refractivity (Wildman–Crippen MR) is 111 cm³/mol. The molecule has 3 aromatic rings. The van der Waals surface area contributed by atoms with E-state index in [1.807, 2.05) is 12.1 Å². The number of carbonyl (C=O) groups is 1. The van der Waals surface area contributed by atoms with Crippen molar-refractivity contribution in [2.45, 2.75) is 46.0 Å². The molecule has 2 N–H and O–H groups in total. The van der Waals surface area contributed by atoms with Crippen LogP contribution in [0, 0.1) is 5.82 Å². The summed E-state index contributed by atoms with van der Waals surface area (Å²) in [4.78, 5) is 12.7. The fourth-order valence-electron chi connectivity index (χ4n) is 3.07. The van der Waals surface area contributed by atoms with Crippen molar-refractivity contribution in [3.8, 4) is 11.3 Å². The van der Waals surface area contributed by atoms with Gasteiger partial charge in [-0.2, -0.15) is 5.10 Å². The summed E-state index contributed by atoms with van der Waals surface area (Å²) < 4.78 is 13.1. The lowest BCUT2D eigenvalue weighted by Crippen LogP contribution is -2.13. The van der Waals surface area contributed by atoms with Crippen LogP contribution < -0.4 is 5.32 Å². The van der Waals surface area contributed by atoms with Crippen LogP contribution in [-0.4, -0.2) is 16.1 Å². The van der Waals surface area contributed by atoms with E-state index in [0.29, 0.717) is 16.9 Å². The van der Waals surface area contributed by atoms with Crippen LogP contribution in [0.5, 0.6) is 0 Å². The Hall–Kier alpha value is -2.95. The quantitative estimate of drug-likeness (QED) is 0.596. The first kappa shape index (κ1) is 19.8. The van der Waals surface area contributed by atoms with Crippen molar-refractivity contribution in [3.63, 3.8) is 0 Å². The maximum Gasteiger partial charge on any atom is 0.255 e. The van der Waals surface area contributed by atoms with Crippen LogP contribution in [0.3, 0.4) is 0 Å². The molecule has 5 heteroatoms. The summed E-state index contributed by atoms with van der Waals surface area (Å²) in [7, 11) is 0. The Morgan fingerprint density at radius 3 is 2.29 bits per heavy atom. The molecule has 0 fully saturated rings. The molecular weight excluding hydrogens is 353 g/mol. The molecule has 0 aliphatic rings. The summed E-state index contributed by atoms with van der Waals surface area (Å²) in [6.45, 7) is 8.59. The van der Waals surface area contributed by atoms with Crippen molar-refractivity contribution in [2.75, 3.05) is 5.32 Å². The highest BCUT2D eigenvalue weighted by Crippen LogP contribution is 2.32. The number of hydrogen-bond acceptors (Lipinski definition) is 2. The van der Waals surface area contributed by atoms with Crippen LogP contribution in [-0.2, 0) is 11.8 Å². The van der Waals surface area contributed by atoms with Gasteiger partial charge in [0.05, 0.1) is 11.4 Å². The maximum atomic E-state index is 13.1. The maximum absolute atomic E-state index is 13.1. The normalized spacial score (nSPS) is 11.5. The van der Waals surface area contributed by atoms with Crippen molar-refractivity contribution >= 4 is 11.6 Å². The summed E-state index contributed by atoms with van der Waals surface area (Å²) >= 11 is 0. The molecule has 0 atom stereocenters. The highest BCUT2D eigenvalue weighted by Gasteiger charge is 2.19. The van der Waals surface area contributed by atoms with Crippen LogP contribution in [0.25, 0.3) is 11.3 Å². The summed E-state index contributed by atoms with van der Waals surface area (Å²) in [6, 6.07) is 13.8. The monoisotopic (exact) mass is 379 g/mol. The topological polar surface area (TPSA) is 57.8 Å². The molecule has 0 spiro atoms. The van der Waals surface area contributed by atoms with Crippen molar-refractivity contribution in [2.24, 2.45) is 0 Å². The Balaban J connectivity index is 1.94. The van der Waals surface area contributed by atoms with E-state index < -0.39 is 0 Å². The van der Waals surface area contributed by atoms with Crippen molar-refractivity contribution in [1.29, 1.82) is 0 Å². The van der Waals surface area contributed by atoms with E-state index >= 15 is 0 Å². The van der Waals surface area contributed by atoms with E-state index in [1.165, 1.54) is 29.8 Å². The Labute approximate surface area is 165 Å². The lowest BCUT2D eigenvalue weighted by Gasteiger charge is -2.19. The molecule has 28 heavy (non-hydrogen) atoms. The number of rotatable bonds is 5. The van der Waals surface area contributed by atoms with E-state index in [9.17, 15) is 9.18 Å². The fraction of sp³-hybridized carbons (Fsp3) is 0.304. The molecule has 0 radical (unpaired) electrons. The zero-order valence-electron chi connectivity index (χ0n) is 16.8. The van der Waals surface area contributed by atoms with Gasteiger partial charge in [0.25, 0.3) is 5.91 Å². The predicted octanol–water partition coefficient (Wildman–Crippen LogP) is 5.72. The second-order valence-corrected chi connectivity index (χ2v) is 7.96. The Morgan fingerprint density at radius 1 is 1.07 bits per heavy atom. The zero-order valence-corrected chi connectivity index (χ0v) is 16.8. The van der Waals surface area contributed by atoms with Gasteiger partial charge < -0.3 is 5.32 Å². The number of carbonyl (C=O) groups excluding carboxylic acids is 1. The van der Waals surface area contributed by atoms with Gasteiger partial charge in [-0.1, -0.05) is 58.4 Å². The molecule has 0 unspecified atom stereocenters. The molecular formula is C23H26FN3O. The number of hydrogen-bond donors (Lipinski definition) is 2. The average molecular weight is 379 g/mol. The number of H-pyrrole nitrogens is 1. The van der Waals surface area contributed by atoms with Gasteiger partial charge in [0, 0.05) is 11.1 Å². The van der Waals surface area contributed by atoms with Gasteiger partial charge in [-0.3, -0.25) is 9.89 Å². The molecule has 1 heterocycles. The Kier molecular flexibility index (Phi) is 5.63. The zero-order chi connectivity index (χ0) is 20.3. The molecule has 1 amide bonds. The van der Waals surface area contributed by atoms with Gasteiger partial charge in [0.1, 0.15) is 11.5 Å². The van der Waals surface area contributed by atoms with Gasteiger partial charge in [0.15, 0.2) is 0 Å². The average Bonchev–Trinajstić information content (AvgIpc) is 3.04. The largest absolute Gasteiger partial charge is 0.319 e. The number of aromatic nitrogens is 2. The van der Waals surface area contributed by atoms with Crippen molar-refractivity contribution < 1.29 is 9.18 Å². The van der Waals surface area contributed by atoms with E-state index in [-0.39, 0.29) is 17.1 Å².